The Kier molecular flexibility index (Phi) is 2.77. The Morgan fingerprint density at radius 2 is 2.00 bits per heavy atom. The van der Waals surface area contributed by atoms with Gasteiger partial charge in [0.1, 0.15) is 0 Å². The van der Waals surface area contributed by atoms with Crippen molar-refractivity contribution in [1.82, 2.24) is 4.72 Å². The first-order valence-corrected chi connectivity index (χ1v) is 6.21. The molecule has 2 rings (SSSR count). The van der Waals surface area contributed by atoms with E-state index in [2.05, 4.69) is 4.72 Å². The van der Waals surface area contributed by atoms with Crippen LogP contribution in [-0.2, 0) is 14.5 Å². The molecule has 4 nitrogen and oxygen atoms in total. The van der Waals surface area contributed by atoms with Gasteiger partial charge in [0.15, 0.2) is 0 Å². The van der Waals surface area contributed by atoms with E-state index in [9.17, 15) is 8.42 Å². The van der Waals surface area contributed by atoms with Crippen LogP contribution in [-0.4, -0.2) is 15.0 Å². The zero-order valence-corrected chi connectivity index (χ0v) is 9.20. The van der Waals surface area contributed by atoms with Crippen molar-refractivity contribution in [3.05, 3.63) is 35.9 Å². The highest BCUT2D eigenvalue weighted by Crippen LogP contribution is 2.26. The molecule has 1 saturated heterocycles. The van der Waals surface area contributed by atoms with Crippen LogP contribution in [0.1, 0.15) is 18.5 Å². The lowest BCUT2D eigenvalue weighted by atomic mass is 9.96. The first-order valence-electron chi connectivity index (χ1n) is 4.80. The molecule has 0 aromatic heterocycles. The van der Waals surface area contributed by atoms with Crippen molar-refractivity contribution in [3.63, 3.8) is 0 Å². The number of hydrogen-bond donors (Lipinski definition) is 1. The molecule has 0 amide bonds. The van der Waals surface area contributed by atoms with Crippen molar-refractivity contribution in [2.45, 2.75) is 13.0 Å². The minimum Gasteiger partial charge on any atom is -0.258 e. The summed E-state index contributed by atoms with van der Waals surface area (Å²) in [6.45, 7) is 2.19. The molecule has 1 heterocycles. The fraction of sp³-hybridized carbons (Fsp3) is 0.400. The highest BCUT2D eigenvalue weighted by atomic mass is 32.2. The van der Waals surface area contributed by atoms with Gasteiger partial charge in [-0.1, -0.05) is 37.3 Å². The molecule has 0 spiro atoms. The van der Waals surface area contributed by atoms with Gasteiger partial charge in [-0.2, -0.15) is 13.1 Å². The average molecular weight is 227 g/mol. The van der Waals surface area contributed by atoms with Gasteiger partial charge in [-0.3, -0.25) is 4.18 Å². The third-order valence-electron chi connectivity index (χ3n) is 2.49. The van der Waals surface area contributed by atoms with Gasteiger partial charge in [-0.15, -0.1) is 0 Å². The Bertz CT molecular complexity index is 429. The summed E-state index contributed by atoms with van der Waals surface area (Å²) < 4.78 is 29.7. The fourth-order valence-electron chi connectivity index (χ4n) is 1.66. The van der Waals surface area contributed by atoms with Crippen LogP contribution in [0.2, 0.25) is 0 Å². The van der Waals surface area contributed by atoms with Gasteiger partial charge in [0.05, 0.1) is 12.6 Å². The summed E-state index contributed by atoms with van der Waals surface area (Å²) in [5, 5.41) is 0. The van der Waals surface area contributed by atoms with Crippen molar-refractivity contribution in [3.8, 4) is 0 Å². The van der Waals surface area contributed by atoms with Gasteiger partial charge in [-0.05, 0) is 5.56 Å². The molecule has 0 aliphatic carbocycles. The second-order valence-corrected chi connectivity index (χ2v) is 5.10. The van der Waals surface area contributed by atoms with Crippen LogP contribution in [0.25, 0.3) is 0 Å². The van der Waals surface area contributed by atoms with Crippen molar-refractivity contribution in [2.24, 2.45) is 5.92 Å². The maximum absolute atomic E-state index is 11.2. The summed E-state index contributed by atoms with van der Waals surface area (Å²) in [4.78, 5) is 0. The predicted octanol–water partition coefficient (Wildman–Crippen LogP) is 1.23. The minimum absolute atomic E-state index is 0.135. The van der Waals surface area contributed by atoms with E-state index in [0.717, 1.165) is 5.56 Å². The van der Waals surface area contributed by atoms with E-state index in [1.54, 1.807) is 0 Å². The van der Waals surface area contributed by atoms with E-state index in [1.165, 1.54) is 0 Å². The van der Waals surface area contributed by atoms with Crippen LogP contribution in [0, 0.1) is 5.92 Å². The van der Waals surface area contributed by atoms with Gasteiger partial charge in [0.2, 0.25) is 0 Å². The molecule has 1 aliphatic rings. The zero-order chi connectivity index (χ0) is 10.9. The Morgan fingerprint density at radius 3 is 2.67 bits per heavy atom. The van der Waals surface area contributed by atoms with E-state index in [1.807, 2.05) is 37.3 Å². The van der Waals surface area contributed by atoms with E-state index in [0.29, 0.717) is 0 Å². The first-order chi connectivity index (χ1) is 7.08. The van der Waals surface area contributed by atoms with Gasteiger partial charge in [0, 0.05) is 5.92 Å². The zero-order valence-electron chi connectivity index (χ0n) is 8.38. The first kappa shape index (κ1) is 10.6. The molecule has 82 valence electrons. The highest BCUT2D eigenvalue weighted by molar-refractivity contribution is 7.84. The van der Waals surface area contributed by atoms with Gasteiger partial charge in [-0.25, -0.2) is 0 Å². The topological polar surface area (TPSA) is 55.4 Å². The van der Waals surface area contributed by atoms with Crippen molar-refractivity contribution in [1.29, 1.82) is 0 Å². The molecule has 1 fully saturated rings. The Morgan fingerprint density at radius 1 is 1.33 bits per heavy atom. The number of rotatable bonds is 1. The van der Waals surface area contributed by atoms with Crippen LogP contribution >= 0.6 is 0 Å². The normalized spacial score (nSPS) is 29.9. The average Bonchev–Trinajstić information content (AvgIpc) is 2.23. The molecular weight excluding hydrogens is 214 g/mol. The van der Waals surface area contributed by atoms with Crippen molar-refractivity contribution < 1.29 is 12.6 Å². The molecule has 1 aromatic rings. The molecule has 1 aliphatic heterocycles. The van der Waals surface area contributed by atoms with Crippen LogP contribution in [0.15, 0.2) is 30.3 Å². The lowest BCUT2D eigenvalue weighted by Crippen LogP contribution is -2.41. The largest absolute Gasteiger partial charge is 0.336 e. The monoisotopic (exact) mass is 227 g/mol. The standard InChI is InChI=1S/C10H13NO3S/c1-8-7-14-15(12,13)11-10(8)9-5-3-2-4-6-9/h2-6,8,10-11H,7H2,1H3. The lowest BCUT2D eigenvalue weighted by molar-refractivity contribution is 0.197. The smallest absolute Gasteiger partial charge is 0.258 e. The van der Waals surface area contributed by atoms with E-state index >= 15 is 0 Å². The molecular formula is C10H13NO3S. The van der Waals surface area contributed by atoms with Crippen LogP contribution in [0.4, 0.5) is 0 Å². The summed E-state index contributed by atoms with van der Waals surface area (Å²) in [6.07, 6.45) is 0. The molecule has 0 bridgehead atoms. The third kappa shape index (κ3) is 2.37. The van der Waals surface area contributed by atoms with Gasteiger partial charge in [0.25, 0.3) is 0 Å². The Labute approximate surface area is 89.5 Å². The quantitative estimate of drug-likeness (QED) is 0.785. The van der Waals surface area contributed by atoms with Crippen molar-refractivity contribution >= 4 is 10.3 Å². The summed E-state index contributed by atoms with van der Waals surface area (Å²) in [5.41, 5.74) is 0.969. The molecule has 0 saturated carbocycles. The summed E-state index contributed by atoms with van der Waals surface area (Å²) in [5.74, 6) is 0.135. The third-order valence-corrected chi connectivity index (χ3v) is 3.47. The van der Waals surface area contributed by atoms with Gasteiger partial charge >= 0.3 is 10.3 Å². The fourth-order valence-corrected chi connectivity index (χ4v) is 2.80. The second kappa shape index (κ2) is 3.92. The van der Waals surface area contributed by atoms with Crippen LogP contribution in [0.3, 0.4) is 0 Å². The minimum atomic E-state index is -3.56. The number of hydrogen-bond acceptors (Lipinski definition) is 3. The molecule has 5 heteroatoms. The van der Waals surface area contributed by atoms with E-state index < -0.39 is 10.3 Å². The van der Waals surface area contributed by atoms with Crippen molar-refractivity contribution in [2.75, 3.05) is 6.61 Å². The Hall–Kier alpha value is -0.910. The SMILES string of the molecule is CC1COS(=O)(=O)NC1c1ccccc1. The maximum atomic E-state index is 11.2. The predicted molar refractivity (Wildman–Crippen MR) is 56.4 cm³/mol. The molecule has 0 radical (unpaired) electrons. The summed E-state index contributed by atoms with van der Waals surface area (Å²) >= 11 is 0. The molecule has 1 N–H and O–H groups in total. The molecule has 15 heavy (non-hydrogen) atoms. The van der Waals surface area contributed by atoms with Gasteiger partial charge < -0.3 is 0 Å². The van der Waals surface area contributed by atoms with Crippen LogP contribution in [0.5, 0.6) is 0 Å². The Balaban J connectivity index is 2.28. The number of benzene rings is 1. The van der Waals surface area contributed by atoms with E-state index in [-0.39, 0.29) is 18.6 Å². The maximum Gasteiger partial charge on any atom is 0.336 e. The second-order valence-electron chi connectivity index (χ2n) is 3.72. The summed E-state index contributed by atoms with van der Waals surface area (Å²) in [7, 11) is -3.56. The molecule has 1 aromatic carbocycles. The molecule has 2 atom stereocenters. The van der Waals surface area contributed by atoms with E-state index in [4.69, 9.17) is 4.18 Å². The number of nitrogens with one attached hydrogen (secondary N) is 1. The molecule has 2 unspecified atom stereocenters. The van der Waals surface area contributed by atoms with Crippen LogP contribution < -0.4 is 4.72 Å². The lowest BCUT2D eigenvalue weighted by Gasteiger charge is -2.29. The highest BCUT2D eigenvalue weighted by Gasteiger charge is 2.31. The summed E-state index contributed by atoms with van der Waals surface area (Å²) in [6, 6.07) is 9.33.